The molecule has 2 N–H and O–H groups in total. The maximum absolute atomic E-state index is 13.2. The van der Waals surface area contributed by atoms with E-state index in [0.717, 1.165) is 28.3 Å². The molecule has 0 fully saturated rings. The lowest BCUT2D eigenvalue weighted by Gasteiger charge is -2.30. The van der Waals surface area contributed by atoms with Gasteiger partial charge >= 0.3 is 0 Å². The van der Waals surface area contributed by atoms with Crippen LogP contribution in [0.3, 0.4) is 0 Å². The van der Waals surface area contributed by atoms with E-state index in [0.29, 0.717) is 36.6 Å². The second-order valence-corrected chi connectivity index (χ2v) is 8.62. The molecule has 0 aliphatic carbocycles. The Hall–Kier alpha value is -3.00. The number of anilines is 1. The van der Waals surface area contributed by atoms with Gasteiger partial charge in [-0.15, -0.1) is 0 Å². The van der Waals surface area contributed by atoms with E-state index < -0.39 is 10.0 Å². The van der Waals surface area contributed by atoms with Crippen LogP contribution in [0.2, 0.25) is 0 Å². The van der Waals surface area contributed by atoms with Crippen molar-refractivity contribution in [2.45, 2.75) is 13.0 Å². The molecule has 1 amide bonds. The van der Waals surface area contributed by atoms with E-state index in [1.54, 1.807) is 24.1 Å². The number of para-hydroxylation sites is 1. The van der Waals surface area contributed by atoms with Gasteiger partial charge in [0, 0.05) is 24.0 Å². The second-order valence-electron chi connectivity index (χ2n) is 6.87. The SMILES string of the molecule is COc1c(C(=O)N2CCc3c(cccc3NS(C)(=O)=O)C2)[nH]c2ccccc12. The van der Waals surface area contributed by atoms with Crippen molar-refractivity contribution in [3.8, 4) is 5.75 Å². The maximum Gasteiger partial charge on any atom is 0.274 e. The minimum absolute atomic E-state index is 0.139. The van der Waals surface area contributed by atoms with E-state index in [-0.39, 0.29) is 5.91 Å². The lowest BCUT2D eigenvalue weighted by Crippen LogP contribution is -2.36. The fourth-order valence-corrected chi connectivity index (χ4v) is 4.31. The zero-order valence-electron chi connectivity index (χ0n) is 15.7. The van der Waals surface area contributed by atoms with Crippen LogP contribution in [0.4, 0.5) is 5.69 Å². The quantitative estimate of drug-likeness (QED) is 0.706. The van der Waals surface area contributed by atoms with Crippen molar-refractivity contribution in [2.24, 2.45) is 0 Å². The van der Waals surface area contributed by atoms with Crippen LogP contribution in [0, 0.1) is 0 Å². The number of nitrogens with zero attached hydrogens (tertiary/aromatic N) is 1. The topological polar surface area (TPSA) is 91.5 Å². The number of sulfonamides is 1. The number of aromatic nitrogens is 1. The molecule has 4 rings (SSSR count). The first-order valence-electron chi connectivity index (χ1n) is 8.90. The molecular formula is C20H21N3O4S. The van der Waals surface area contributed by atoms with Gasteiger partial charge in [-0.05, 0) is 35.7 Å². The van der Waals surface area contributed by atoms with E-state index in [1.807, 2.05) is 30.3 Å². The summed E-state index contributed by atoms with van der Waals surface area (Å²) in [5.74, 6) is 0.402. The van der Waals surface area contributed by atoms with Gasteiger partial charge in [-0.3, -0.25) is 9.52 Å². The van der Waals surface area contributed by atoms with Crippen molar-refractivity contribution >= 4 is 32.5 Å². The fourth-order valence-electron chi connectivity index (χ4n) is 3.72. The number of fused-ring (bicyclic) bond motifs is 2. The molecule has 8 heteroatoms. The summed E-state index contributed by atoms with van der Waals surface area (Å²) in [7, 11) is -1.80. The first kappa shape index (κ1) is 18.4. The Morgan fingerprint density at radius 3 is 2.71 bits per heavy atom. The van der Waals surface area contributed by atoms with Crippen LogP contribution in [0.15, 0.2) is 42.5 Å². The van der Waals surface area contributed by atoms with E-state index in [1.165, 1.54) is 0 Å². The average molecular weight is 399 g/mol. The van der Waals surface area contributed by atoms with Crippen LogP contribution in [-0.2, 0) is 23.0 Å². The van der Waals surface area contributed by atoms with Gasteiger partial charge in [-0.25, -0.2) is 8.42 Å². The van der Waals surface area contributed by atoms with Crippen LogP contribution < -0.4 is 9.46 Å². The molecule has 0 saturated carbocycles. The second kappa shape index (κ2) is 6.87. The van der Waals surface area contributed by atoms with E-state index >= 15 is 0 Å². The molecule has 146 valence electrons. The van der Waals surface area contributed by atoms with Crippen LogP contribution in [-0.4, -0.2) is 44.1 Å². The number of H-pyrrole nitrogens is 1. The Morgan fingerprint density at radius 2 is 1.96 bits per heavy atom. The van der Waals surface area contributed by atoms with Crippen molar-refractivity contribution in [3.63, 3.8) is 0 Å². The molecule has 3 aromatic rings. The largest absolute Gasteiger partial charge is 0.494 e. The molecule has 0 spiro atoms. The highest BCUT2D eigenvalue weighted by atomic mass is 32.2. The highest BCUT2D eigenvalue weighted by Crippen LogP contribution is 2.33. The Balaban J connectivity index is 1.65. The molecular weight excluding hydrogens is 378 g/mol. The molecule has 1 aromatic heterocycles. The highest BCUT2D eigenvalue weighted by molar-refractivity contribution is 7.92. The molecule has 0 unspecified atom stereocenters. The highest BCUT2D eigenvalue weighted by Gasteiger charge is 2.27. The number of carbonyl (C=O) groups is 1. The van der Waals surface area contributed by atoms with Gasteiger partial charge in [-0.1, -0.05) is 24.3 Å². The monoisotopic (exact) mass is 399 g/mol. The van der Waals surface area contributed by atoms with Gasteiger partial charge in [-0.2, -0.15) is 0 Å². The third-order valence-corrected chi connectivity index (χ3v) is 5.52. The zero-order valence-corrected chi connectivity index (χ0v) is 16.5. The fraction of sp³-hybridized carbons (Fsp3) is 0.250. The van der Waals surface area contributed by atoms with Crippen molar-refractivity contribution in [1.29, 1.82) is 0 Å². The first-order valence-corrected chi connectivity index (χ1v) is 10.8. The predicted molar refractivity (Wildman–Crippen MR) is 108 cm³/mol. The number of ether oxygens (including phenoxy) is 1. The van der Waals surface area contributed by atoms with Crippen molar-refractivity contribution in [3.05, 3.63) is 59.3 Å². The Morgan fingerprint density at radius 1 is 1.18 bits per heavy atom. The minimum Gasteiger partial charge on any atom is -0.494 e. The summed E-state index contributed by atoms with van der Waals surface area (Å²) in [5, 5.41) is 0.866. The number of aromatic amines is 1. The number of hydrogen-bond acceptors (Lipinski definition) is 4. The zero-order chi connectivity index (χ0) is 19.9. The Labute approximate surface area is 163 Å². The van der Waals surface area contributed by atoms with Gasteiger partial charge < -0.3 is 14.6 Å². The van der Waals surface area contributed by atoms with Crippen LogP contribution in [0.1, 0.15) is 21.6 Å². The van der Waals surface area contributed by atoms with E-state index in [2.05, 4.69) is 9.71 Å². The summed E-state index contributed by atoms with van der Waals surface area (Å²) in [5.41, 5.74) is 3.72. The van der Waals surface area contributed by atoms with Crippen LogP contribution >= 0.6 is 0 Å². The van der Waals surface area contributed by atoms with Gasteiger partial charge in [0.05, 0.1) is 19.1 Å². The number of rotatable bonds is 4. The molecule has 0 atom stereocenters. The number of methoxy groups -OCH3 is 1. The van der Waals surface area contributed by atoms with Gasteiger partial charge in [0.25, 0.3) is 5.91 Å². The number of benzene rings is 2. The molecule has 28 heavy (non-hydrogen) atoms. The molecule has 0 bridgehead atoms. The van der Waals surface area contributed by atoms with Crippen molar-refractivity contribution < 1.29 is 17.9 Å². The van der Waals surface area contributed by atoms with Crippen LogP contribution in [0.25, 0.3) is 10.9 Å². The Bertz CT molecular complexity index is 1170. The number of nitrogens with one attached hydrogen (secondary N) is 2. The predicted octanol–water partition coefficient (Wildman–Crippen LogP) is 2.75. The summed E-state index contributed by atoms with van der Waals surface area (Å²) in [6, 6.07) is 13.1. The molecule has 0 saturated heterocycles. The molecule has 1 aliphatic heterocycles. The normalized spacial score (nSPS) is 14.0. The maximum atomic E-state index is 13.2. The standard InChI is InChI=1S/C20H21N3O4S/c1-27-19-15-7-3-4-8-16(15)21-18(19)20(24)23-11-10-14-13(12-23)6-5-9-17(14)22-28(2,25)26/h3-9,21-22H,10-12H2,1-2H3. The third kappa shape index (κ3) is 3.31. The lowest BCUT2D eigenvalue weighted by molar-refractivity contribution is 0.0726. The Kier molecular flexibility index (Phi) is 4.50. The molecule has 2 aromatic carbocycles. The summed E-state index contributed by atoms with van der Waals surface area (Å²) in [6.45, 7) is 0.902. The number of hydrogen-bond donors (Lipinski definition) is 2. The summed E-state index contributed by atoms with van der Waals surface area (Å²) >= 11 is 0. The summed E-state index contributed by atoms with van der Waals surface area (Å²) in [6.07, 6.45) is 1.70. The lowest BCUT2D eigenvalue weighted by atomic mass is 9.98. The smallest absolute Gasteiger partial charge is 0.274 e. The molecule has 0 radical (unpaired) electrons. The summed E-state index contributed by atoms with van der Waals surface area (Å²) in [4.78, 5) is 18.1. The van der Waals surface area contributed by atoms with Gasteiger partial charge in [0.2, 0.25) is 10.0 Å². The van der Waals surface area contributed by atoms with E-state index in [4.69, 9.17) is 4.74 Å². The van der Waals surface area contributed by atoms with Gasteiger partial charge in [0.15, 0.2) is 5.75 Å². The minimum atomic E-state index is -3.36. The number of carbonyl (C=O) groups excluding carboxylic acids is 1. The first-order chi connectivity index (χ1) is 13.4. The summed E-state index contributed by atoms with van der Waals surface area (Å²) < 4.78 is 31.3. The van der Waals surface area contributed by atoms with Crippen LogP contribution in [0.5, 0.6) is 5.75 Å². The molecule has 2 heterocycles. The number of amides is 1. The third-order valence-electron chi connectivity index (χ3n) is 4.92. The average Bonchev–Trinajstić information content (AvgIpc) is 3.04. The van der Waals surface area contributed by atoms with Gasteiger partial charge in [0.1, 0.15) is 5.69 Å². The van der Waals surface area contributed by atoms with Crippen molar-refractivity contribution in [1.82, 2.24) is 9.88 Å². The van der Waals surface area contributed by atoms with Crippen molar-refractivity contribution in [2.75, 3.05) is 24.6 Å². The molecule has 1 aliphatic rings. The molecule has 7 nitrogen and oxygen atoms in total. The van der Waals surface area contributed by atoms with E-state index in [9.17, 15) is 13.2 Å².